The maximum absolute atomic E-state index is 4.14. The van der Waals surface area contributed by atoms with Gasteiger partial charge in [-0.25, -0.2) is 0 Å². The Bertz CT molecular complexity index is 1500. The number of fused-ring (bicyclic) bond motifs is 1. The van der Waals surface area contributed by atoms with Gasteiger partial charge in [-0.05, 0) is 97.5 Å². The van der Waals surface area contributed by atoms with E-state index in [2.05, 4.69) is 123 Å². The molecule has 0 unspecified atom stereocenters. The van der Waals surface area contributed by atoms with E-state index in [0.29, 0.717) is 0 Å². The largest absolute Gasteiger partial charge is 0.309 e. The van der Waals surface area contributed by atoms with Crippen LogP contribution in [-0.2, 0) is 0 Å². The molecule has 0 saturated carbocycles. The summed E-state index contributed by atoms with van der Waals surface area (Å²) in [6, 6.07) is 22.1. The molecule has 0 amide bonds. The van der Waals surface area contributed by atoms with Crippen LogP contribution in [0.4, 0.5) is 0 Å². The lowest BCUT2D eigenvalue weighted by Crippen LogP contribution is -1.97. The first-order chi connectivity index (χ1) is 17.0. The van der Waals surface area contributed by atoms with Crippen LogP contribution in [0.15, 0.2) is 104 Å². The molecule has 0 saturated heterocycles. The summed E-state index contributed by atoms with van der Waals surface area (Å²) in [5.74, 6) is 0. The Labute approximate surface area is 209 Å². The Balaban J connectivity index is 1.97. The zero-order valence-electron chi connectivity index (χ0n) is 21.2. The van der Waals surface area contributed by atoms with Gasteiger partial charge in [0, 0.05) is 16.6 Å². The van der Waals surface area contributed by atoms with Crippen molar-refractivity contribution < 1.29 is 0 Å². The van der Waals surface area contributed by atoms with Gasteiger partial charge in [0.1, 0.15) is 0 Å². The predicted molar refractivity (Wildman–Crippen MR) is 156 cm³/mol. The molecule has 0 aliphatic rings. The first-order valence-corrected chi connectivity index (χ1v) is 12.1. The summed E-state index contributed by atoms with van der Waals surface area (Å²) in [6.45, 7) is 16.5. The zero-order chi connectivity index (χ0) is 24.9. The summed E-state index contributed by atoms with van der Waals surface area (Å²) in [5, 5.41) is 1.20. The highest BCUT2D eigenvalue weighted by atomic mass is 15.0. The third kappa shape index (κ3) is 4.50. The van der Waals surface area contributed by atoms with Crippen LogP contribution >= 0.6 is 0 Å². The minimum Gasteiger partial charge on any atom is -0.309 e. The molecule has 1 heteroatoms. The van der Waals surface area contributed by atoms with Crippen molar-refractivity contribution in [2.24, 2.45) is 0 Å². The standard InChI is InChI=1S/C34H33N/c1-7-13-28(14-8-2)35-33(10-4)30(15-9-3)32-23-27(20-21-34(32)35)26-19-18-25(6)31(22-26)29-17-12-11-16-24(29)5/h7-23H,1,4H2,2-3,5-6H3/b14-8-,15-9-,28-13+. The van der Waals surface area contributed by atoms with E-state index in [1.807, 2.05) is 25.2 Å². The van der Waals surface area contributed by atoms with Gasteiger partial charge in [0.05, 0.1) is 11.2 Å². The minimum atomic E-state index is 1.06. The molecule has 4 rings (SSSR count). The molecule has 3 aromatic carbocycles. The monoisotopic (exact) mass is 455 g/mol. The second-order valence-electron chi connectivity index (χ2n) is 8.74. The molecule has 174 valence electrons. The number of rotatable bonds is 7. The minimum absolute atomic E-state index is 1.06. The van der Waals surface area contributed by atoms with Gasteiger partial charge in [-0.3, -0.25) is 0 Å². The van der Waals surface area contributed by atoms with Gasteiger partial charge in [0.2, 0.25) is 0 Å². The second kappa shape index (κ2) is 10.4. The van der Waals surface area contributed by atoms with E-state index >= 15 is 0 Å². The van der Waals surface area contributed by atoms with Crippen LogP contribution in [0.25, 0.3) is 51.0 Å². The van der Waals surface area contributed by atoms with Gasteiger partial charge in [0.25, 0.3) is 0 Å². The van der Waals surface area contributed by atoms with Crippen LogP contribution in [-0.4, -0.2) is 4.57 Å². The first kappa shape index (κ1) is 24.0. The summed E-state index contributed by atoms with van der Waals surface area (Å²) >= 11 is 0. The molecule has 0 aliphatic carbocycles. The van der Waals surface area contributed by atoms with Crippen LogP contribution in [0, 0.1) is 13.8 Å². The number of aryl methyl sites for hydroxylation is 2. The molecule has 0 bridgehead atoms. The fourth-order valence-corrected chi connectivity index (χ4v) is 4.80. The lowest BCUT2D eigenvalue weighted by Gasteiger charge is -2.13. The van der Waals surface area contributed by atoms with Crippen molar-refractivity contribution >= 4 is 28.8 Å². The number of allylic oxidation sites excluding steroid dienone is 6. The summed E-state index contributed by atoms with van der Waals surface area (Å²) in [7, 11) is 0. The number of aromatic nitrogens is 1. The Hall–Kier alpha value is -4.10. The molecular weight excluding hydrogens is 422 g/mol. The Morgan fingerprint density at radius 1 is 0.800 bits per heavy atom. The summed E-state index contributed by atoms with van der Waals surface area (Å²) in [4.78, 5) is 0. The van der Waals surface area contributed by atoms with Crippen LogP contribution in [0.5, 0.6) is 0 Å². The smallest absolute Gasteiger partial charge is 0.0541 e. The summed E-state index contributed by atoms with van der Waals surface area (Å²) < 4.78 is 2.26. The maximum atomic E-state index is 4.14. The van der Waals surface area contributed by atoms with Crippen molar-refractivity contribution in [3.8, 4) is 22.3 Å². The number of benzene rings is 3. The average Bonchev–Trinajstić information content (AvgIpc) is 3.17. The highest BCUT2D eigenvalue weighted by molar-refractivity contribution is 5.99. The van der Waals surface area contributed by atoms with Gasteiger partial charge in [0.15, 0.2) is 0 Å². The molecule has 0 N–H and O–H groups in total. The van der Waals surface area contributed by atoms with Gasteiger partial charge in [-0.15, -0.1) is 0 Å². The van der Waals surface area contributed by atoms with Gasteiger partial charge >= 0.3 is 0 Å². The molecule has 0 radical (unpaired) electrons. The lowest BCUT2D eigenvalue weighted by atomic mass is 9.92. The van der Waals surface area contributed by atoms with E-state index in [4.69, 9.17) is 0 Å². The number of hydrogen-bond donors (Lipinski definition) is 0. The predicted octanol–water partition coefficient (Wildman–Crippen LogP) is 9.87. The van der Waals surface area contributed by atoms with Crippen LogP contribution < -0.4 is 0 Å². The molecule has 1 heterocycles. The molecular formula is C34H33N. The molecule has 0 spiro atoms. The normalized spacial score (nSPS) is 12.2. The Morgan fingerprint density at radius 3 is 2.20 bits per heavy atom. The number of nitrogens with zero attached hydrogens (tertiary/aromatic N) is 1. The van der Waals surface area contributed by atoms with Crippen LogP contribution in [0.3, 0.4) is 0 Å². The molecule has 35 heavy (non-hydrogen) atoms. The van der Waals surface area contributed by atoms with Crippen LogP contribution in [0.1, 0.15) is 36.2 Å². The van der Waals surface area contributed by atoms with E-state index in [-0.39, 0.29) is 0 Å². The first-order valence-electron chi connectivity index (χ1n) is 12.1. The average molecular weight is 456 g/mol. The molecule has 1 nitrogen and oxygen atoms in total. The van der Waals surface area contributed by atoms with E-state index in [9.17, 15) is 0 Å². The van der Waals surface area contributed by atoms with E-state index in [0.717, 1.165) is 16.9 Å². The van der Waals surface area contributed by atoms with E-state index in [1.165, 1.54) is 44.3 Å². The fourth-order valence-electron chi connectivity index (χ4n) is 4.80. The molecule has 0 aliphatic heterocycles. The van der Waals surface area contributed by atoms with Gasteiger partial charge in [-0.2, -0.15) is 0 Å². The summed E-state index contributed by atoms with van der Waals surface area (Å²) in [5.41, 5.74) is 12.0. The molecule has 0 fully saturated rings. The van der Waals surface area contributed by atoms with Crippen molar-refractivity contribution in [3.05, 3.63) is 127 Å². The third-order valence-electron chi connectivity index (χ3n) is 6.46. The van der Waals surface area contributed by atoms with Gasteiger partial charge < -0.3 is 4.57 Å². The Kier molecular flexibility index (Phi) is 7.17. The van der Waals surface area contributed by atoms with Crippen molar-refractivity contribution in [2.75, 3.05) is 0 Å². The quantitative estimate of drug-likeness (QED) is 0.244. The SMILES string of the molecule is C=C/C=C(\C=C/C)n1c(C=C)c(/C=C\C)c2cc(-c3ccc(C)c(-c4ccccc4C)c3)ccc21. The highest BCUT2D eigenvalue weighted by Crippen LogP contribution is 2.36. The zero-order valence-corrected chi connectivity index (χ0v) is 21.2. The topological polar surface area (TPSA) is 4.93 Å². The summed E-state index contributed by atoms with van der Waals surface area (Å²) in [6.07, 6.45) is 14.2. The van der Waals surface area contributed by atoms with Crippen molar-refractivity contribution in [1.29, 1.82) is 0 Å². The van der Waals surface area contributed by atoms with E-state index < -0.39 is 0 Å². The highest BCUT2D eigenvalue weighted by Gasteiger charge is 2.16. The number of hydrogen-bond acceptors (Lipinski definition) is 0. The van der Waals surface area contributed by atoms with Crippen molar-refractivity contribution in [1.82, 2.24) is 4.57 Å². The molecule has 0 atom stereocenters. The van der Waals surface area contributed by atoms with E-state index in [1.54, 1.807) is 0 Å². The van der Waals surface area contributed by atoms with Crippen molar-refractivity contribution in [3.63, 3.8) is 0 Å². The lowest BCUT2D eigenvalue weighted by molar-refractivity contribution is 1.15. The van der Waals surface area contributed by atoms with Crippen molar-refractivity contribution in [2.45, 2.75) is 27.7 Å². The van der Waals surface area contributed by atoms with Crippen LogP contribution in [0.2, 0.25) is 0 Å². The maximum Gasteiger partial charge on any atom is 0.0541 e. The fraction of sp³-hybridized carbons (Fsp3) is 0.118. The Morgan fingerprint density at radius 2 is 1.51 bits per heavy atom. The molecule has 1 aromatic heterocycles. The third-order valence-corrected chi connectivity index (χ3v) is 6.46. The van der Waals surface area contributed by atoms with Gasteiger partial charge in [-0.1, -0.05) is 79.9 Å². The molecule has 4 aromatic rings. The second-order valence-corrected chi connectivity index (χ2v) is 8.74.